The number of halogens is 2. The summed E-state index contributed by atoms with van der Waals surface area (Å²) in [6.07, 6.45) is 2.77. The highest BCUT2D eigenvalue weighted by atomic mass is 35.5. The molecule has 106 valence electrons. The number of nitrogens with one attached hydrogen (secondary N) is 1. The summed E-state index contributed by atoms with van der Waals surface area (Å²) in [4.78, 5) is 5.47. The highest BCUT2D eigenvalue weighted by Gasteiger charge is 2.06. The summed E-state index contributed by atoms with van der Waals surface area (Å²) in [5.74, 6) is 0. The first-order valence-electron chi connectivity index (χ1n) is 6.47. The van der Waals surface area contributed by atoms with Crippen LogP contribution in [-0.2, 0) is 6.54 Å². The first kappa shape index (κ1) is 15.6. The van der Waals surface area contributed by atoms with Crippen molar-refractivity contribution in [2.24, 2.45) is 0 Å². The number of rotatable bonds is 6. The zero-order chi connectivity index (χ0) is 14.4. The zero-order valence-corrected chi connectivity index (χ0v) is 13.5. The van der Waals surface area contributed by atoms with E-state index in [9.17, 15) is 0 Å². The van der Waals surface area contributed by atoms with Crippen molar-refractivity contribution in [2.45, 2.75) is 29.8 Å². The number of hydrogen-bond acceptors (Lipinski definition) is 3. The molecule has 2 aromatic rings. The number of benzene rings is 1. The molecule has 1 aromatic carbocycles. The maximum atomic E-state index is 6.08. The van der Waals surface area contributed by atoms with E-state index in [0.717, 1.165) is 34.5 Å². The SMILES string of the molecule is CCCNCc1cc(Cl)ccc1Sc1ccc(Cl)cn1. The summed E-state index contributed by atoms with van der Waals surface area (Å²) in [5.41, 5.74) is 1.19. The van der Waals surface area contributed by atoms with Crippen LogP contribution in [0.2, 0.25) is 10.0 Å². The van der Waals surface area contributed by atoms with E-state index in [1.54, 1.807) is 18.0 Å². The van der Waals surface area contributed by atoms with Crippen molar-refractivity contribution in [2.75, 3.05) is 6.54 Å². The summed E-state index contributed by atoms with van der Waals surface area (Å²) in [6.45, 7) is 3.96. The average molecular weight is 327 g/mol. The van der Waals surface area contributed by atoms with Crippen LogP contribution >= 0.6 is 35.0 Å². The molecule has 0 spiro atoms. The highest BCUT2D eigenvalue weighted by Crippen LogP contribution is 2.31. The number of aromatic nitrogens is 1. The largest absolute Gasteiger partial charge is 0.313 e. The van der Waals surface area contributed by atoms with Gasteiger partial charge in [0, 0.05) is 22.7 Å². The van der Waals surface area contributed by atoms with Gasteiger partial charge in [-0.3, -0.25) is 0 Å². The fraction of sp³-hybridized carbons (Fsp3) is 0.267. The van der Waals surface area contributed by atoms with Gasteiger partial charge in [0.25, 0.3) is 0 Å². The van der Waals surface area contributed by atoms with Crippen molar-refractivity contribution in [3.05, 3.63) is 52.1 Å². The zero-order valence-electron chi connectivity index (χ0n) is 11.2. The van der Waals surface area contributed by atoms with Crippen molar-refractivity contribution in [3.63, 3.8) is 0 Å². The van der Waals surface area contributed by atoms with Gasteiger partial charge in [-0.15, -0.1) is 0 Å². The van der Waals surface area contributed by atoms with Crippen LogP contribution in [0.15, 0.2) is 46.5 Å². The average Bonchev–Trinajstić information content (AvgIpc) is 2.44. The first-order valence-corrected chi connectivity index (χ1v) is 8.05. The van der Waals surface area contributed by atoms with Gasteiger partial charge >= 0.3 is 0 Å². The molecule has 2 nitrogen and oxygen atoms in total. The molecule has 0 saturated heterocycles. The quantitative estimate of drug-likeness (QED) is 0.753. The van der Waals surface area contributed by atoms with Crippen LogP contribution < -0.4 is 5.32 Å². The van der Waals surface area contributed by atoms with E-state index in [1.807, 2.05) is 30.3 Å². The van der Waals surface area contributed by atoms with Crippen LogP contribution in [0, 0.1) is 0 Å². The van der Waals surface area contributed by atoms with Crippen LogP contribution in [0.25, 0.3) is 0 Å². The molecule has 0 atom stereocenters. The molecule has 0 bridgehead atoms. The van der Waals surface area contributed by atoms with E-state index >= 15 is 0 Å². The minimum Gasteiger partial charge on any atom is -0.313 e. The van der Waals surface area contributed by atoms with Crippen molar-refractivity contribution in [1.29, 1.82) is 0 Å². The molecule has 1 heterocycles. The lowest BCUT2D eigenvalue weighted by Crippen LogP contribution is -2.14. The van der Waals surface area contributed by atoms with Gasteiger partial charge in [0.05, 0.1) is 5.02 Å². The maximum absolute atomic E-state index is 6.08. The third-order valence-electron chi connectivity index (χ3n) is 2.68. The Kier molecular flexibility index (Phi) is 6.17. The lowest BCUT2D eigenvalue weighted by Gasteiger charge is -2.10. The lowest BCUT2D eigenvalue weighted by molar-refractivity contribution is 0.669. The van der Waals surface area contributed by atoms with Gasteiger partial charge in [-0.2, -0.15) is 0 Å². The fourth-order valence-electron chi connectivity index (χ4n) is 1.72. The highest BCUT2D eigenvalue weighted by molar-refractivity contribution is 7.99. The molecule has 20 heavy (non-hydrogen) atoms. The Morgan fingerprint density at radius 1 is 1.15 bits per heavy atom. The summed E-state index contributed by atoms with van der Waals surface area (Å²) < 4.78 is 0. The lowest BCUT2D eigenvalue weighted by atomic mass is 10.2. The second-order valence-electron chi connectivity index (χ2n) is 4.35. The molecule has 0 aliphatic rings. The molecule has 0 saturated carbocycles. The van der Waals surface area contributed by atoms with E-state index in [0.29, 0.717) is 5.02 Å². The van der Waals surface area contributed by atoms with E-state index < -0.39 is 0 Å². The molecule has 0 aliphatic heterocycles. The Hall–Kier alpha value is -0.740. The third kappa shape index (κ3) is 4.67. The molecule has 0 radical (unpaired) electrons. The molecule has 1 aromatic heterocycles. The predicted molar refractivity (Wildman–Crippen MR) is 86.8 cm³/mol. The Labute approximate surface area is 133 Å². The van der Waals surface area contributed by atoms with Crippen LogP contribution in [-0.4, -0.2) is 11.5 Å². The third-order valence-corrected chi connectivity index (χ3v) is 4.21. The summed E-state index contributed by atoms with van der Waals surface area (Å²) >= 11 is 13.6. The topological polar surface area (TPSA) is 24.9 Å². The second-order valence-corrected chi connectivity index (χ2v) is 6.28. The Balaban J connectivity index is 2.15. The fourth-order valence-corrected chi connectivity index (χ4v) is 2.89. The standard InChI is InChI=1S/C15H16Cl2N2S/c1-2-7-18-9-11-8-12(16)3-5-14(11)20-15-6-4-13(17)10-19-15/h3-6,8,10,18H,2,7,9H2,1H3. The predicted octanol–water partition coefficient (Wildman–Crippen LogP) is 5.04. The van der Waals surface area contributed by atoms with E-state index in [2.05, 4.69) is 17.2 Å². The minimum absolute atomic E-state index is 0.648. The van der Waals surface area contributed by atoms with Gasteiger partial charge in [-0.05, 0) is 48.9 Å². The van der Waals surface area contributed by atoms with Crippen molar-refractivity contribution < 1.29 is 0 Å². The van der Waals surface area contributed by atoms with Crippen LogP contribution in [0.4, 0.5) is 0 Å². The number of nitrogens with zero attached hydrogens (tertiary/aromatic N) is 1. The van der Waals surface area contributed by atoms with Gasteiger partial charge in [0.1, 0.15) is 5.03 Å². The monoisotopic (exact) mass is 326 g/mol. The second kappa shape index (κ2) is 7.89. The van der Waals surface area contributed by atoms with Gasteiger partial charge in [0.2, 0.25) is 0 Å². The summed E-state index contributed by atoms with van der Waals surface area (Å²) in [7, 11) is 0. The van der Waals surface area contributed by atoms with E-state index in [-0.39, 0.29) is 0 Å². The molecular formula is C15H16Cl2N2S. The Bertz CT molecular complexity index is 558. The van der Waals surface area contributed by atoms with Crippen LogP contribution in [0.3, 0.4) is 0 Å². The molecule has 0 fully saturated rings. The normalized spacial score (nSPS) is 10.8. The molecule has 0 unspecified atom stereocenters. The van der Waals surface area contributed by atoms with Gasteiger partial charge in [0.15, 0.2) is 0 Å². The van der Waals surface area contributed by atoms with Crippen LogP contribution in [0.1, 0.15) is 18.9 Å². The molecule has 2 rings (SSSR count). The molecular weight excluding hydrogens is 311 g/mol. The molecule has 1 N–H and O–H groups in total. The van der Waals surface area contributed by atoms with Gasteiger partial charge < -0.3 is 5.32 Å². The molecule has 0 aliphatic carbocycles. The smallest absolute Gasteiger partial charge is 0.101 e. The summed E-state index contributed by atoms with van der Waals surface area (Å²) in [5, 5.41) is 5.73. The minimum atomic E-state index is 0.648. The van der Waals surface area contributed by atoms with Gasteiger partial charge in [-0.1, -0.05) is 41.9 Å². The van der Waals surface area contributed by atoms with Gasteiger partial charge in [-0.25, -0.2) is 4.98 Å². The Morgan fingerprint density at radius 2 is 1.95 bits per heavy atom. The number of pyridine rings is 1. The van der Waals surface area contributed by atoms with Crippen molar-refractivity contribution in [1.82, 2.24) is 10.3 Å². The van der Waals surface area contributed by atoms with E-state index in [4.69, 9.17) is 23.2 Å². The van der Waals surface area contributed by atoms with E-state index in [1.165, 1.54) is 5.56 Å². The molecule has 5 heteroatoms. The van der Waals surface area contributed by atoms with Crippen molar-refractivity contribution in [3.8, 4) is 0 Å². The van der Waals surface area contributed by atoms with Crippen LogP contribution in [0.5, 0.6) is 0 Å². The number of hydrogen-bond donors (Lipinski definition) is 1. The summed E-state index contributed by atoms with van der Waals surface area (Å²) in [6, 6.07) is 9.71. The first-order chi connectivity index (χ1) is 9.69. The molecule has 0 amide bonds. The maximum Gasteiger partial charge on any atom is 0.101 e. The van der Waals surface area contributed by atoms with Crippen molar-refractivity contribution >= 4 is 35.0 Å². The Morgan fingerprint density at radius 3 is 2.65 bits per heavy atom.